The predicted molar refractivity (Wildman–Crippen MR) is 62.9 cm³/mol. The maximum Gasteiger partial charge on any atom is 0.133 e. The maximum atomic E-state index is 11.0. The molecule has 15 heavy (non-hydrogen) atoms. The lowest BCUT2D eigenvalue weighted by molar-refractivity contribution is -0.120. The zero-order valence-electron chi connectivity index (χ0n) is 9.49. The molecule has 0 bridgehead atoms. The minimum Gasteiger partial charge on any atom is -0.316 e. The van der Waals surface area contributed by atoms with Gasteiger partial charge in [0.1, 0.15) is 5.78 Å². The second kappa shape index (κ2) is 6.36. The molecular formula is C13H19NO. The monoisotopic (exact) mass is 205 g/mol. The molecule has 0 aromatic heterocycles. The normalized spacial score (nSPS) is 12.4. The molecule has 0 fully saturated rings. The molecule has 1 unspecified atom stereocenters. The largest absolute Gasteiger partial charge is 0.316 e. The number of Topliss-reactive ketones (excluding diaryl/α,β-unsaturated/α-hetero) is 1. The van der Waals surface area contributed by atoms with E-state index in [1.165, 1.54) is 5.56 Å². The fourth-order valence-electron chi connectivity index (χ4n) is 1.34. The summed E-state index contributed by atoms with van der Waals surface area (Å²) < 4.78 is 0. The van der Waals surface area contributed by atoms with E-state index in [1.54, 1.807) is 6.92 Å². The van der Waals surface area contributed by atoms with Crippen LogP contribution >= 0.6 is 0 Å². The van der Waals surface area contributed by atoms with E-state index >= 15 is 0 Å². The van der Waals surface area contributed by atoms with Crippen LogP contribution in [0.25, 0.3) is 0 Å². The van der Waals surface area contributed by atoms with Crippen molar-refractivity contribution < 1.29 is 4.79 Å². The number of ketones is 1. The molecule has 0 heterocycles. The summed E-state index contributed by atoms with van der Waals surface area (Å²) in [7, 11) is 0. The smallest absolute Gasteiger partial charge is 0.133 e. The van der Waals surface area contributed by atoms with Crippen LogP contribution in [0.4, 0.5) is 0 Å². The first-order valence-corrected chi connectivity index (χ1v) is 5.45. The van der Waals surface area contributed by atoms with E-state index in [4.69, 9.17) is 0 Å². The third-order valence-electron chi connectivity index (χ3n) is 2.58. The topological polar surface area (TPSA) is 29.1 Å². The summed E-state index contributed by atoms with van der Waals surface area (Å²) in [6.07, 6.45) is 1.02. The van der Waals surface area contributed by atoms with Gasteiger partial charge < -0.3 is 5.32 Å². The van der Waals surface area contributed by atoms with Gasteiger partial charge in [0, 0.05) is 12.5 Å². The molecule has 1 aromatic rings. The van der Waals surface area contributed by atoms with Crippen molar-refractivity contribution in [2.24, 2.45) is 5.92 Å². The van der Waals surface area contributed by atoms with Crippen LogP contribution in [0, 0.1) is 5.92 Å². The lowest BCUT2D eigenvalue weighted by Gasteiger charge is -2.08. The summed E-state index contributed by atoms with van der Waals surface area (Å²) in [5.41, 5.74) is 1.33. The average Bonchev–Trinajstić information content (AvgIpc) is 2.25. The molecule has 1 N–H and O–H groups in total. The number of hydrogen-bond donors (Lipinski definition) is 1. The molecule has 0 aliphatic heterocycles. The van der Waals surface area contributed by atoms with Crippen molar-refractivity contribution in [3.63, 3.8) is 0 Å². The Labute approximate surface area is 91.7 Å². The maximum absolute atomic E-state index is 11.0. The molecule has 0 aliphatic rings. The van der Waals surface area contributed by atoms with Gasteiger partial charge in [-0.1, -0.05) is 37.3 Å². The zero-order chi connectivity index (χ0) is 11.1. The highest BCUT2D eigenvalue weighted by molar-refractivity contribution is 5.78. The molecule has 0 amide bonds. The SMILES string of the molecule is CC(=O)C(C)CNCCc1ccccc1. The average molecular weight is 205 g/mol. The molecule has 1 atom stereocenters. The van der Waals surface area contributed by atoms with E-state index in [1.807, 2.05) is 25.1 Å². The van der Waals surface area contributed by atoms with E-state index in [0.717, 1.165) is 19.5 Å². The molecule has 0 spiro atoms. The molecule has 1 aromatic carbocycles. The molecule has 82 valence electrons. The van der Waals surface area contributed by atoms with Crippen molar-refractivity contribution in [3.8, 4) is 0 Å². The number of carbonyl (C=O) groups is 1. The van der Waals surface area contributed by atoms with Gasteiger partial charge in [0.05, 0.1) is 0 Å². The molecule has 0 radical (unpaired) electrons. The van der Waals surface area contributed by atoms with Gasteiger partial charge in [0.2, 0.25) is 0 Å². The van der Waals surface area contributed by atoms with E-state index in [-0.39, 0.29) is 11.7 Å². The first kappa shape index (κ1) is 11.9. The quantitative estimate of drug-likeness (QED) is 0.720. The van der Waals surface area contributed by atoms with E-state index in [0.29, 0.717) is 0 Å². The van der Waals surface area contributed by atoms with Crippen molar-refractivity contribution in [2.75, 3.05) is 13.1 Å². The Morgan fingerprint density at radius 1 is 1.33 bits per heavy atom. The zero-order valence-corrected chi connectivity index (χ0v) is 9.49. The summed E-state index contributed by atoms with van der Waals surface area (Å²) in [6, 6.07) is 10.4. The minimum atomic E-state index is 0.126. The van der Waals surface area contributed by atoms with Gasteiger partial charge in [-0.05, 0) is 25.5 Å². The lowest BCUT2D eigenvalue weighted by atomic mass is 10.1. The van der Waals surface area contributed by atoms with Crippen LogP contribution in [0.2, 0.25) is 0 Å². The Bertz CT molecular complexity index is 295. The fraction of sp³-hybridized carbons (Fsp3) is 0.462. The summed E-state index contributed by atoms with van der Waals surface area (Å²) in [4.78, 5) is 11.0. The van der Waals surface area contributed by atoms with E-state index in [9.17, 15) is 4.79 Å². The van der Waals surface area contributed by atoms with Gasteiger partial charge in [0.15, 0.2) is 0 Å². The molecule has 0 saturated heterocycles. The van der Waals surface area contributed by atoms with Crippen molar-refractivity contribution >= 4 is 5.78 Å². The number of rotatable bonds is 6. The van der Waals surface area contributed by atoms with Crippen LogP contribution in [0.3, 0.4) is 0 Å². The standard InChI is InChI=1S/C13H19NO/c1-11(12(2)15)10-14-9-8-13-6-4-3-5-7-13/h3-7,11,14H,8-10H2,1-2H3. The highest BCUT2D eigenvalue weighted by Gasteiger charge is 2.05. The van der Waals surface area contributed by atoms with Crippen LogP contribution in [0.1, 0.15) is 19.4 Å². The van der Waals surface area contributed by atoms with Gasteiger partial charge in [-0.3, -0.25) is 4.79 Å². The Morgan fingerprint density at radius 3 is 2.60 bits per heavy atom. The Hall–Kier alpha value is -1.15. The molecule has 0 aliphatic carbocycles. The third kappa shape index (κ3) is 4.75. The number of nitrogens with one attached hydrogen (secondary N) is 1. The molecule has 0 saturated carbocycles. The predicted octanol–water partition coefficient (Wildman–Crippen LogP) is 2.04. The highest BCUT2D eigenvalue weighted by Crippen LogP contribution is 1.99. The van der Waals surface area contributed by atoms with E-state index in [2.05, 4.69) is 17.4 Å². The number of benzene rings is 1. The lowest BCUT2D eigenvalue weighted by Crippen LogP contribution is -2.26. The van der Waals surface area contributed by atoms with Crippen molar-refractivity contribution in [1.82, 2.24) is 5.32 Å². The number of hydrogen-bond acceptors (Lipinski definition) is 2. The Balaban J connectivity index is 2.15. The first-order chi connectivity index (χ1) is 7.20. The van der Waals surface area contributed by atoms with Gasteiger partial charge in [-0.15, -0.1) is 0 Å². The van der Waals surface area contributed by atoms with Crippen LogP contribution in [0.5, 0.6) is 0 Å². The minimum absolute atomic E-state index is 0.126. The molecule has 2 heteroatoms. The second-order valence-electron chi connectivity index (χ2n) is 3.95. The summed E-state index contributed by atoms with van der Waals surface area (Å²) in [6.45, 7) is 5.31. The van der Waals surface area contributed by atoms with Gasteiger partial charge in [-0.2, -0.15) is 0 Å². The Morgan fingerprint density at radius 2 is 2.00 bits per heavy atom. The highest BCUT2D eigenvalue weighted by atomic mass is 16.1. The molecule has 2 nitrogen and oxygen atoms in total. The second-order valence-corrected chi connectivity index (χ2v) is 3.95. The van der Waals surface area contributed by atoms with Gasteiger partial charge in [0.25, 0.3) is 0 Å². The molecular weight excluding hydrogens is 186 g/mol. The van der Waals surface area contributed by atoms with E-state index < -0.39 is 0 Å². The third-order valence-corrected chi connectivity index (χ3v) is 2.58. The van der Waals surface area contributed by atoms with Crippen molar-refractivity contribution in [2.45, 2.75) is 20.3 Å². The summed E-state index contributed by atoms with van der Waals surface area (Å²) >= 11 is 0. The van der Waals surface area contributed by atoms with Crippen molar-refractivity contribution in [3.05, 3.63) is 35.9 Å². The summed E-state index contributed by atoms with van der Waals surface area (Å²) in [5, 5.41) is 3.29. The van der Waals surface area contributed by atoms with Crippen molar-refractivity contribution in [1.29, 1.82) is 0 Å². The van der Waals surface area contributed by atoms with Crippen LogP contribution in [-0.2, 0) is 11.2 Å². The Kier molecular flexibility index (Phi) is 5.05. The van der Waals surface area contributed by atoms with Gasteiger partial charge in [-0.25, -0.2) is 0 Å². The van der Waals surface area contributed by atoms with Gasteiger partial charge >= 0.3 is 0 Å². The van der Waals surface area contributed by atoms with Crippen LogP contribution < -0.4 is 5.32 Å². The fourth-order valence-corrected chi connectivity index (χ4v) is 1.34. The molecule has 1 rings (SSSR count). The summed E-state index contributed by atoms with van der Waals surface area (Å²) in [5.74, 6) is 0.378. The van der Waals surface area contributed by atoms with Crippen LogP contribution in [-0.4, -0.2) is 18.9 Å². The first-order valence-electron chi connectivity index (χ1n) is 5.45. The van der Waals surface area contributed by atoms with Crippen LogP contribution in [0.15, 0.2) is 30.3 Å². The number of carbonyl (C=O) groups excluding carboxylic acids is 1.